The van der Waals surface area contributed by atoms with E-state index in [0.717, 1.165) is 44.7 Å². The van der Waals surface area contributed by atoms with Gasteiger partial charge in [-0.15, -0.1) is 0 Å². The normalized spacial score (nSPS) is 22.9. The van der Waals surface area contributed by atoms with Crippen molar-refractivity contribution in [3.63, 3.8) is 0 Å². The first kappa shape index (κ1) is 17.4. The van der Waals surface area contributed by atoms with Crippen LogP contribution in [-0.4, -0.2) is 47.9 Å². The maximum atomic E-state index is 12.5. The van der Waals surface area contributed by atoms with Crippen LogP contribution >= 0.6 is 0 Å². The fourth-order valence-electron chi connectivity index (χ4n) is 4.31. The van der Waals surface area contributed by atoms with Crippen LogP contribution in [0.15, 0.2) is 0 Å². The van der Waals surface area contributed by atoms with Crippen molar-refractivity contribution in [2.45, 2.75) is 59.0 Å². The van der Waals surface area contributed by atoms with Crippen molar-refractivity contribution in [2.75, 3.05) is 26.2 Å². The largest absolute Gasteiger partial charge is 0.353 e. The van der Waals surface area contributed by atoms with E-state index in [1.54, 1.807) is 0 Å². The average molecular weight is 333 g/mol. The zero-order chi connectivity index (χ0) is 17.2. The first-order chi connectivity index (χ1) is 11.5. The molecule has 2 saturated heterocycles. The summed E-state index contributed by atoms with van der Waals surface area (Å²) >= 11 is 0. The Morgan fingerprint density at radius 3 is 2.79 bits per heavy atom. The number of piperidine rings is 1. The molecule has 3 rings (SSSR count). The van der Waals surface area contributed by atoms with Crippen LogP contribution in [-0.2, 0) is 17.8 Å². The van der Waals surface area contributed by atoms with Gasteiger partial charge in [0, 0.05) is 18.8 Å². The Morgan fingerprint density at radius 2 is 2.12 bits per heavy atom. The fraction of sp³-hybridized carbons (Fsp3) is 0.778. The Hall–Kier alpha value is -1.40. The number of nitrogens with one attached hydrogen (secondary N) is 3. The number of rotatable bonds is 5. The van der Waals surface area contributed by atoms with Gasteiger partial charge in [-0.3, -0.25) is 9.48 Å². The summed E-state index contributed by atoms with van der Waals surface area (Å²) in [5, 5.41) is 14.5. The molecule has 134 valence electrons. The molecule has 0 bridgehead atoms. The quantitative estimate of drug-likeness (QED) is 0.749. The first-order valence-corrected chi connectivity index (χ1v) is 9.29. The van der Waals surface area contributed by atoms with Crippen LogP contribution in [0.4, 0.5) is 0 Å². The second kappa shape index (κ2) is 7.23. The summed E-state index contributed by atoms with van der Waals surface area (Å²) in [5.41, 5.74) is 3.98. The molecule has 0 radical (unpaired) electrons. The number of carbonyl (C=O) groups excluding carboxylic acids is 1. The molecule has 2 aliphatic heterocycles. The Morgan fingerprint density at radius 1 is 1.38 bits per heavy atom. The predicted molar refractivity (Wildman–Crippen MR) is 95.0 cm³/mol. The highest BCUT2D eigenvalue weighted by molar-refractivity contribution is 5.82. The van der Waals surface area contributed by atoms with E-state index < -0.39 is 0 Å². The zero-order valence-corrected chi connectivity index (χ0v) is 15.2. The number of hydrogen-bond acceptors (Lipinski definition) is 4. The molecule has 24 heavy (non-hydrogen) atoms. The van der Waals surface area contributed by atoms with Crippen molar-refractivity contribution in [1.29, 1.82) is 0 Å². The molecule has 1 amide bonds. The Kier molecular flexibility index (Phi) is 5.25. The summed E-state index contributed by atoms with van der Waals surface area (Å²) < 4.78 is 2.02. The maximum absolute atomic E-state index is 12.5. The van der Waals surface area contributed by atoms with Crippen molar-refractivity contribution in [3.05, 3.63) is 17.0 Å². The van der Waals surface area contributed by atoms with E-state index in [2.05, 4.69) is 41.8 Å². The summed E-state index contributed by atoms with van der Waals surface area (Å²) in [6, 6.07) is -0.0326. The van der Waals surface area contributed by atoms with E-state index >= 15 is 0 Å². The standard InChI is InChI=1S/C18H31N5O/c1-4-15-13(2)22-23(14(15)3)10-9-20-17(24)16-11-18(12-21-16)5-7-19-8-6-18/h16,19,21H,4-12H2,1-3H3,(H,20,24)/t16-/m1/s1. The average Bonchev–Trinajstić information content (AvgIpc) is 3.10. The van der Waals surface area contributed by atoms with Crippen molar-refractivity contribution in [2.24, 2.45) is 5.41 Å². The number of amides is 1. The molecule has 6 nitrogen and oxygen atoms in total. The Labute approximate surface area is 144 Å². The molecule has 0 unspecified atom stereocenters. The highest BCUT2D eigenvalue weighted by Crippen LogP contribution is 2.37. The van der Waals surface area contributed by atoms with Gasteiger partial charge in [0.25, 0.3) is 0 Å². The van der Waals surface area contributed by atoms with Crippen molar-refractivity contribution >= 4 is 5.91 Å². The molecule has 1 aromatic heterocycles. The van der Waals surface area contributed by atoms with Crippen molar-refractivity contribution < 1.29 is 4.79 Å². The fourth-order valence-corrected chi connectivity index (χ4v) is 4.31. The topological polar surface area (TPSA) is 71.0 Å². The lowest BCUT2D eigenvalue weighted by molar-refractivity contribution is -0.123. The lowest BCUT2D eigenvalue weighted by atomic mass is 9.77. The Balaban J connectivity index is 1.48. The Bertz CT molecular complexity index is 588. The molecule has 1 atom stereocenters. The van der Waals surface area contributed by atoms with Crippen LogP contribution in [0.5, 0.6) is 0 Å². The van der Waals surface area contributed by atoms with Crippen LogP contribution in [0, 0.1) is 19.3 Å². The molecule has 0 aliphatic carbocycles. The third-order valence-corrected chi connectivity index (χ3v) is 5.85. The minimum atomic E-state index is -0.0326. The third-order valence-electron chi connectivity index (χ3n) is 5.85. The number of aromatic nitrogens is 2. The minimum Gasteiger partial charge on any atom is -0.353 e. The summed E-state index contributed by atoms with van der Waals surface area (Å²) in [7, 11) is 0. The SMILES string of the molecule is CCc1c(C)nn(CCNC(=O)[C@H]2CC3(CCNCC3)CN2)c1C. The van der Waals surface area contributed by atoms with E-state index in [1.165, 1.54) is 24.1 Å². The predicted octanol–water partition coefficient (Wildman–Crippen LogP) is 0.910. The number of nitrogens with zero attached hydrogens (tertiary/aromatic N) is 2. The van der Waals surface area contributed by atoms with E-state index in [4.69, 9.17) is 0 Å². The highest BCUT2D eigenvalue weighted by atomic mass is 16.2. The molecule has 6 heteroatoms. The number of aryl methyl sites for hydroxylation is 1. The smallest absolute Gasteiger partial charge is 0.237 e. The van der Waals surface area contributed by atoms with Crippen LogP contribution in [0.1, 0.15) is 43.1 Å². The van der Waals surface area contributed by atoms with E-state index in [9.17, 15) is 4.79 Å². The number of hydrogen-bond donors (Lipinski definition) is 3. The molecule has 3 heterocycles. The molecule has 2 fully saturated rings. The van der Waals surface area contributed by atoms with Gasteiger partial charge in [-0.05, 0) is 63.6 Å². The van der Waals surface area contributed by atoms with Gasteiger partial charge in [-0.2, -0.15) is 5.10 Å². The van der Waals surface area contributed by atoms with Gasteiger partial charge in [-0.1, -0.05) is 6.92 Å². The van der Waals surface area contributed by atoms with Gasteiger partial charge in [0.15, 0.2) is 0 Å². The van der Waals surface area contributed by atoms with Crippen LogP contribution in [0.2, 0.25) is 0 Å². The lowest BCUT2D eigenvalue weighted by Gasteiger charge is -2.33. The summed E-state index contributed by atoms with van der Waals surface area (Å²) in [6.07, 6.45) is 4.33. The molecule has 1 spiro atoms. The molecule has 3 N–H and O–H groups in total. The monoisotopic (exact) mass is 333 g/mol. The highest BCUT2D eigenvalue weighted by Gasteiger charge is 2.41. The van der Waals surface area contributed by atoms with Gasteiger partial charge >= 0.3 is 0 Å². The molecule has 1 aromatic rings. The van der Waals surface area contributed by atoms with Gasteiger partial charge in [0.1, 0.15) is 0 Å². The maximum Gasteiger partial charge on any atom is 0.237 e. The van der Waals surface area contributed by atoms with E-state index in [-0.39, 0.29) is 11.9 Å². The second-order valence-corrected chi connectivity index (χ2v) is 7.40. The molecular weight excluding hydrogens is 302 g/mol. The third kappa shape index (κ3) is 3.49. The zero-order valence-electron chi connectivity index (χ0n) is 15.2. The molecule has 0 aromatic carbocycles. The van der Waals surface area contributed by atoms with Crippen LogP contribution in [0.25, 0.3) is 0 Å². The molecular formula is C18H31N5O. The lowest BCUT2D eigenvalue weighted by Crippen LogP contribution is -2.41. The summed E-state index contributed by atoms with van der Waals surface area (Å²) in [4.78, 5) is 12.5. The van der Waals surface area contributed by atoms with Gasteiger partial charge in [0.05, 0.1) is 18.3 Å². The molecule has 2 aliphatic rings. The van der Waals surface area contributed by atoms with E-state index in [1.807, 2.05) is 4.68 Å². The van der Waals surface area contributed by atoms with Gasteiger partial charge in [-0.25, -0.2) is 0 Å². The van der Waals surface area contributed by atoms with Gasteiger partial charge in [0.2, 0.25) is 5.91 Å². The van der Waals surface area contributed by atoms with E-state index in [0.29, 0.717) is 12.0 Å². The van der Waals surface area contributed by atoms with Crippen molar-refractivity contribution in [1.82, 2.24) is 25.7 Å². The van der Waals surface area contributed by atoms with Crippen LogP contribution < -0.4 is 16.0 Å². The molecule has 0 saturated carbocycles. The summed E-state index contributed by atoms with van der Waals surface area (Å²) in [6.45, 7) is 10.8. The van der Waals surface area contributed by atoms with Crippen LogP contribution in [0.3, 0.4) is 0 Å². The number of carbonyl (C=O) groups is 1. The summed E-state index contributed by atoms with van der Waals surface area (Å²) in [5.74, 6) is 0.141. The van der Waals surface area contributed by atoms with Crippen molar-refractivity contribution in [3.8, 4) is 0 Å². The van der Waals surface area contributed by atoms with Gasteiger partial charge < -0.3 is 16.0 Å². The first-order valence-electron chi connectivity index (χ1n) is 9.29. The minimum absolute atomic E-state index is 0.0326. The second-order valence-electron chi connectivity index (χ2n) is 7.40.